The van der Waals surface area contributed by atoms with Crippen LogP contribution in [0.5, 0.6) is 5.75 Å². The normalized spacial score (nSPS) is 11.0. The van der Waals surface area contributed by atoms with Gasteiger partial charge in [-0.25, -0.2) is 9.50 Å². The third-order valence-electron chi connectivity index (χ3n) is 4.30. The van der Waals surface area contributed by atoms with Crippen molar-refractivity contribution in [2.45, 2.75) is 0 Å². The quantitative estimate of drug-likeness (QED) is 0.488. The fraction of sp³-hybridized carbons (Fsp3) is 0.0526. The Morgan fingerprint density at radius 2 is 1.86 bits per heavy atom. The molecule has 2 aromatic carbocycles. The van der Waals surface area contributed by atoms with Gasteiger partial charge < -0.3 is 15.5 Å². The molecule has 0 unspecified atom stereocenters. The number of aromatic hydroxyl groups is 1. The average Bonchev–Trinajstić information content (AvgIpc) is 3.16. The Balaban J connectivity index is 2.06. The van der Waals surface area contributed by atoms with Crippen molar-refractivity contribution >= 4 is 39.9 Å². The van der Waals surface area contributed by atoms with E-state index in [1.165, 1.54) is 10.8 Å². The summed E-state index contributed by atoms with van der Waals surface area (Å²) in [5, 5.41) is 26.9. The van der Waals surface area contributed by atoms with E-state index in [1.807, 2.05) is 30.3 Å². The molecule has 8 nitrogen and oxygen atoms in total. The molecule has 0 aliphatic heterocycles. The Bertz CT molecular complexity index is 1240. The molecule has 0 radical (unpaired) electrons. The first kappa shape index (κ1) is 17.7. The number of benzene rings is 2. The molecule has 2 aromatic heterocycles. The summed E-state index contributed by atoms with van der Waals surface area (Å²) in [5.41, 5.74) is 1.70. The van der Waals surface area contributed by atoms with E-state index in [2.05, 4.69) is 15.4 Å². The topological polar surface area (TPSA) is 117 Å². The van der Waals surface area contributed by atoms with Crippen LogP contribution in [-0.4, -0.2) is 43.2 Å². The molecule has 1 amide bonds. The van der Waals surface area contributed by atoms with Crippen LogP contribution in [0.1, 0.15) is 10.5 Å². The minimum atomic E-state index is -1.21. The van der Waals surface area contributed by atoms with Crippen LogP contribution in [0.25, 0.3) is 27.5 Å². The van der Waals surface area contributed by atoms with Gasteiger partial charge in [-0.2, -0.15) is 5.10 Å². The molecular weight excluding hydrogens is 384 g/mol. The molecule has 9 heteroatoms. The van der Waals surface area contributed by atoms with E-state index in [9.17, 15) is 14.7 Å². The van der Waals surface area contributed by atoms with Crippen LogP contribution in [0, 0.1) is 0 Å². The van der Waals surface area contributed by atoms with Gasteiger partial charge in [-0.05, 0) is 17.2 Å². The first-order chi connectivity index (χ1) is 13.5. The second-order valence-electron chi connectivity index (χ2n) is 5.98. The van der Waals surface area contributed by atoms with Gasteiger partial charge in [0.2, 0.25) is 0 Å². The summed E-state index contributed by atoms with van der Waals surface area (Å²) in [6, 6.07) is 12.9. The van der Waals surface area contributed by atoms with Crippen molar-refractivity contribution in [3.8, 4) is 16.9 Å². The Hall–Kier alpha value is -3.65. The van der Waals surface area contributed by atoms with E-state index in [0.29, 0.717) is 11.0 Å². The summed E-state index contributed by atoms with van der Waals surface area (Å²) in [7, 11) is 0. The van der Waals surface area contributed by atoms with E-state index >= 15 is 0 Å². The maximum Gasteiger partial charge on any atom is 0.322 e. The first-order valence-electron chi connectivity index (χ1n) is 8.21. The highest BCUT2D eigenvalue weighted by Gasteiger charge is 2.25. The molecular formula is C19H13ClN4O4. The second kappa shape index (κ2) is 6.82. The average molecular weight is 397 g/mol. The van der Waals surface area contributed by atoms with Crippen molar-refractivity contribution in [2.75, 3.05) is 6.54 Å². The monoisotopic (exact) mass is 396 g/mol. The van der Waals surface area contributed by atoms with Crippen LogP contribution in [0.4, 0.5) is 0 Å². The van der Waals surface area contributed by atoms with Crippen molar-refractivity contribution < 1.29 is 19.8 Å². The lowest BCUT2D eigenvalue weighted by molar-refractivity contribution is -0.135. The maximum atomic E-state index is 12.5. The molecule has 2 heterocycles. The summed E-state index contributed by atoms with van der Waals surface area (Å²) in [6.07, 6.45) is 1.25. The van der Waals surface area contributed by atoms with Gasteiger partial charge in [0.05, 0.1) is 5.02 Å². The summed E-state index contributed by atoms with van der Waals surface area (Å²) in [5.74, 6) is -2.43. The van der Waals surface area contributed by atoms with Gasteiger partial charge in [-0.1, -0.05) is 48.0 Å². The van der Waals surface area contributed by atoms with Crippen molar-refractivity contribution in [1.82, 2.24) is 19.9 Å². The van der Waals surface area contributed by atoms with Crippen LogP contribution in [0.15, 0.2) is 48.8 Å². The largest absolute Gasteiger partial charge is 0.505 e. The number of hydrogen-bond acceptors (Lipinski definition) is 5. The zero-order valence-electron chi connectivity index (χ0n) is 14.3. The van der Waals surface area contributed by atoms with Gasteiger partial charge in [-0.15, -0.1) is 0 Å². The predicted molar refractivity (Wildman–Crippen MR) is 103 cm³/mol. The number of carboxylic acids is 1. The van der Waals surface area contributed by atoms with Crippen molar-refractivity contribution in [2.24, 2.45) is 0 Å². The highest BCUT2D eigenvalue weighted by Crippen LogP contribution is 2.41. The predicted octanol–water partition coefficient (Wildman–Crippen LogP) is 2.72. The standard InChI is InChI=1S/C19H13ClN4O4/c20-12-7-6-11(10-4-2-1-3-5-10)14-15(12)17(27)16(19(28)21-8-13(25)26)24-18(14)22-9-23-24/h1-7,9,27H,8H2,(H,21,28)(H,25,26). The lowest BCUT2D eigenvalue weighted by Gasteiger charge is -2.14. The lowest BCUT2D eigenvalue weighted by atomic mass is 9.98. The number of nitrogens with zero attached hydrogens (tertiary/aromatic N) is 3. The number of carbonyl (C=O) groups is 2. The summed E-state index contributed by atoms with van der Waals surface area (Å²) in [6.45, 7) is -0.607. The van der Waals surface area contributed by atoms with E-state index in [-0.39, 0.29) is 16.1 Å². The van der Waals surface area contributed by atoms with Crippen LogP contribution >= 0.6 is 11.6 Å². The molecule has 0 bridgehead atoms. The molecule has 4 aromatic rings. The van der Waals surface area contributed by atoms with Gasteiger partial charge in [0.15, 0.2) is 17.1 Å². The van der Waals surface area contributed by atoms with Crippen LogP contribution in [0.3, 0.4) is 0 Å². The van der Waals surface area contributed by atoms with E-state index in [0.717, 1.165) is 11.1 Å². The molecule has 4 rings (SSSR count). The Morgan fingerprint density at radius 3 is 2.57 bits per heavy atom. The number of nitrogens with one attached hydrogen (secondary N) is 1. The molecule has 0 fully saturated rings. The fourth-order valence-corrected chi connectivity index (χ4v) is 3.38. The highest BCUT2D eigenvalue weighted by atomic mass is 35.5. The molecule has 0 aliphatic carbocycles. The van der Waals surface area contributed by atoms with Crippen LogP contribution in [0.2, 0.25) is 5.02 Å². The number of pyridine rings is 1. The number of amides is 1. The van der Waals surface area contributed by atoms with Gasteiger partial charge in [0.25, 0.3) is 5.91 Å². The number of hydrogen-bond donors (Lipinski definition) is 3. The molecule has 0 saturated carbocycles. The second-order valence-corrected chi connectivity index (χ2v) is 6.39. The number of aliphatic carboxylic acids is 1. The highest BCUT2D eigenvalue weighted by molar-refractivity contribution is 6.37. The molecule has 0 saturated heterocycles. The van der Waals surface area contributed by atoms with Gasteiger partial charge in [0, 0.05) is 10.8 Å². The van der Waals surface area contributed by atoms with Crippen molar-refractivity contribution in [3.05, 3.63) is 59.5 Å². The number of carboxylic acid groups (broad SMARTS) is 1. The van der Waals surface area contributed by atoms with E-state index in [4.69, 9.17) is 16.7 Å². The fourth-order valence-electron chi connectivity index (χ4n) is 3.14. The minimum Gasteiger partial charge on any atom is -0.505 e. The SMILES string of the molecule is O=C(O)CNC(=O)c1c(O)c2c(Cl)ccc(-c3ccccc3)c2c2ncnn12. The number of halogens is 1. The molecule has 0 spiro atoms. The zero-order chi connectivity index (χ0) is 19.8. The van der Waals surface area contributed by atoms with Gasteiger partial charge in [0.1, 0.15) is 12.9 Å². The third-order valence-corrected chi connectivity index (χ3v) is 4.61. The molecule has 0 atom stereocenters. The van der Waals surface area contributed by atoms with E-state index < -0.39 is 24.2 Å². The zero-order valence-corrected chi connectivity index (χ0v) is 15.0. The Morgan fingerprint density at radius 1 is 1.11 bits per heavy atom. The van der Waals surface area contributed by atoms with Crippen molar-refractivity contribution in [3.63, 3.8) is 0 Å². The summed E-state index contributed by atoms with van der Waals surface area (Å²) < 4.78 is 1.18. The number of carbonyl (C=O) groups excluding carboxylic acids is 1. The minimum absolute atomic E-state index is 0.227. The molecule has 28 heavy (non-hydrogen) atoms. The first-order valence-corrected chi connectivity index (χ1v) is 8.59. The Labute approximate surface area is 163 Å². The van der Waals surface area contributed by atoms with E-state index in [1.54, 1.807) is 12.1 Å². The van der Waals surface area contributed by atoms with Gasteiger partial charge >= 0.3 is 5.97 Å². The molecule has 3 N–H and O–H groups in total. The van der Waals surface area contributed by atoms with Crippen LogP contribution in [-0.2, 0) is 4.79 Å². The number of aromatic nitrogens is 3. The van der Waals surface area contributed by atoms with Gasteiger partial charge in [-0.3, -0.25) is 9.59 Å². The maximum absolute atomic E-state index is 12.5. The third kappa shape index (κ3) is 2.80. The number of fused-ring (bicyclic) bond motifs is 3. The Kier molecular flexibility index (Phi) is 4.32. The molecule has 140 valence electrons. The lowest BCUT2D eigenvalue weighted by Crippen LogP contribution is -2.31. The summed E-state index contributed by atoms with van der Waals surface area (Å²) >= 11 is 6.35. The smallest absolute Gasteiger partial charge is 0.322 e. The van der Waals surface area contributed by atoms with Crippen LogP contribution < -0.4 is 5.32 Å². The van der Waals surface area contributed by atoms with Crippen molar-refractivity contribution in [1.29, 1.82) is 0 Å². The molecule has 0 aliphatic rings. The number of rotatable bonds is 4. The summed E-state index contributed by atoms with van der Waals surface area (Å²) in [4.78, 5) is 27.5.